The van der Waals surface area contributed by atoms with Crippen LogP contribution in [0.5, 0.6) is 5.75 Å². The van der Waals surface area contributed by atoms with Crippen LogP contribution in [0.1, 0.15) is 38.8 Å². The summed E-state index contributed by atoms with van der Waals surface area (Å²) in [5.74, 6) is 0.198. The monoisotopic (exact) mass is 318 g/mol. The summed E-state index contributed by atoms with van der Waals surface area (Å²) in [6, 6.07) is 6.42. The number of hydrogen-bond acceptors (Lipinski definition) is 4. The summed E-state index contributed by atoms with van der Waals surface area (Å²) in [6.45, 7) is 6.28. The van der Waals surface area contributed by atoms with E-state index in [4.69, 9.17) is 9.47 Å². The molecule has 0 unspecified atom stereocenters. The molecule has 1 aliphatic heterocycles. The minimum absolute atomic E-state index is 0.268. The van der Waals surface area contributed by atoms with Crippen molar-refractivity contribution < 1.29 is 19.1 Å². The molecule has 1 aliphatic rings. The summed E-state index contributed by atoms with van der Waals surface area (Å²) in [7, 11) is 0. The number of urea groups is 1. The van der Waals surface area contributed by atoms with Crippen molar-refractivity contribution >= 4 is 12.0 Å². The lowest BCUT2D eigenvalue weighted by molar-refractivity contribution is -0.139. The largest absolute Gasteiger partial charge is 0.493 e. The number of carbonyl (C=O) groups is 2. The van der Waals surface area contributed by atoms with Crippen molar-refractivity contribution in [3.05, 3.63) is 41.1 Å². The molecule has 1 aromatic rings. The average molecular weight is 318 g/mol. The normalized spacial score (nSPS) is 17.3. The number of esters is 1. The van der Waals surface area contributed by atoms with Crippen LogP contribution in [0.4, 0.5) is 4.79 Å². The molecule has 6 heteroatoms. The maximum Gasteiger partial charge on any atom is 0.338 e. The molecule has 1 heterocycles. The first-order valence-corrected chi connectivity index (χ1v) is 7.75. The average Bonchev–Trinajstić information content (AvgIpc) is 2.52. The minimum Gasteiger partial charge on any atom is -0.493 e. The van der Waals surface area contributed by atoms with Crippen molar-refractivity contribution in [1.82, 2.24) is 10.6 Å². The zero-order valence-electron chi connectivity index (χ0n) is 13.6. The molecule has 2 amide bonds. The van der Waals surface area contributed by atoms with Gasteiger partial charge in [0, 0.05) is 11.3 Å². The fourth-order valence-corrected chi connectivity index (χ4v) is 2.47. The van der Waals surface area contributed by atoms with Crippen LogP contribution in [0.2, 0.25) is 0 Å². The molecule has 0 saturated heterocycles. The molecule has 1 atom stereocenters. The van der Waals surface area contributed by atoms with Crippen LogP contribution in [0.3, 0.4) is 0 Å². The SMILES string of the molecule is CCCOc1ccccc1[C@H]1NC(=O)NC(C)=C1C(=O)OCC. The van der Waals surface area contributed by atoms with Gasteiger partial charge in [-0.05, 0) is 26.3 Å². The highest BCUT2D eigenvalue weighted by molar-refractivity contribution is 5.95. The van der Waals surface area contributed by atoms with Crippen LogP contribution in [0, 0.1) is 0 Å². The number of benzene rings is 1. The van der Waals surface area contributed by atoms with E-state index in [-0.39, 0.29) is 12.6 Å². The Morgan fingerprint density at radius 3 is 2.70 bits per heavy atom. The first kappa shape index (κ1) is 16.9. The number of carbonyl (C=O) groups excluding carboxylic acids is 2. The van der Waals surface area contributed by atoms with E-state index in [0.29, 0.717) is 23.6 Å². The predicted molar refractivity (Wildman–Crippen MR) is 86.0 cm³/mol. The standard InChI is InChI=1S/C17H22N2O4/c1-4-10-23-13-9-7-6-8-12(13)15-14(16(20)22-5-2)11(3)18-17(21)19-15/h6-9,15H,4-5,10H2,1-3H3,(H2,18,19,21)/t15-/m1/s1. The molecular formula is C17H22N2O4. The van der Waals surface area contributed by atoms with Gasteiger partial charge in [0.1, 0.15) is 5.75 Å². The molecule has 0 fully saturated rings. The quantitative estimate of drug-likeness (QED) is 0.791. The Morgan fingerprint density at radius 2 is 2.00 bits per heavy atom. The van der Waals surface area contributed by atoms with Crippen molar-refractivity contribution in [1.29, 1.82) is 0 Å². The molecule has 0 bridgehead atoms. The minimum atomic E-state index is -0.601. The highest BCUT2D eigenvalue weighted by Gasteiger charge is 2.33. The Labute approximate surface area is 135 Å². The molecule has 6 nitrogen and oxygen atoms in total. The molecule has 2 rings (SSSR count). The van der Waals surface area contributed by atoms with E-state index >= 15 is 0 Å². The molecule has 0 aliphatic carbocycles. The van der Waals surface area contributed by atoms with Crippen molar-refractivity contribution in [2.24, 2.45) is 0 Å². The predicted octanol–water partition coefficient (Wildman–Crippen LogP) is 2.67. The van der Waals surface area contributed by atoms with E-state index < -0.39 is 12.0 Å². The second kappa shape index (κ2) is 7.67. The Morgan fingerprint density at radius 1 is 1.26 bits per heavy atom. The number of allylic oxidation sites excluding steroid dienone is 1. The van der Waals surface area contributed by atoms with Gasteiger partial charge in [-0.2, -0.15) is 0 Å². The summed E-state index contributed by atoms with van der Waals surface area (Å²) in [6.07, 6.45) is 0.868. The molecule has 0 saturated carbocycles. The van der Waals surface area contributed by atoms with Gasteiger partial charge in [-0.1, -0.05) is 25.1 Å². The Hall–Kier alpha value is -2.50. The molecule has 1 aromatic carbocycles. The van der Waals surface area contributed by atoms with Gasteiger partial charge in [-0.15, -0.1) is 0 Å². The number of nitrogens with one attached hydrogen (secondary N) is 2. The van der Waals surface area contributed by atoms with Crippen LogP contribution in [-0.2, 0) is 9.53 Å². The number of hydrogen-bond donors (Lipinski definition) is 2. The highest BCUT2D eigenvalue weighted by atomic mass is 16.5. The summed E-state index contributed by atoms with van der Waals surface area (Å²) in [5, 5.41) is 5.40. The topological polar surface area (TPSA) is 76.7 Å². The number of rotatable bonds is 6. The highest BCUT2D eigenvalue weighted by Crippen LogP contribution is 2.33. The van der Waals surface area contributed by atoms with Gasteiger partial charge >= 0.3 is 12.0 Å². The lowest BCUT2D eigenvalue weighted by Crippen LogP contribution is -2.45. The van der Waals surface area contributed by atoms with Gasteiger partial charge in [0.05, 0.1) is 24.8 Å². The lowest BCUT2D eigenvalue weighted by atomic mass is 9.95. The first-order valence-electron chi connectivity index (χ1n) is 7.75. The van der Waals surface area contributed by atoms with Crippen molar-refractivity contribution in [3.8, 4) is 5.75 Å². The molecule has 23 heavy (non-hydrogen) atoms. The zero-order valence-corrected chi connectivity index (χ0v) is 13.6. The van der Waals surface area contributed by atoms with E-state index in [0.717, 1.165) is 12.0 Å². The summed E-state index contributed by atoms with van der Waals surface area (Å²) in [4.78, 5) is 24.2. The van der Waals surface area contributed by atoms with Crippen LogP contribution in [-0.4, -0.2) is 25.2 Å². The number of amides is 2. The maximum atomic E-state index is 12.3. The Bertz CT molecular complexity index is 625. The third kappa shape index (κ3) is 3.83. The maximum absolute atomic E-state index is 12.3. The smallest absolute Gasteiger partial charge is 0.338 e. The third-order valence-electron chi connectivity index (χ3n) is 3.46. The van der Waals surface area contributed by atoms with Crippen LogP contribution in [0.25, 0.3) is 0 Å². The van der Waals surface area contributed by atoms with Crippen LogP contribution >= 0.6 is 0 Å². The molecular weight excluding hydrogens is 296 g/mol. The molecule has 0 spiro atoms. The summed E-state index contributed by atoms with van der Waals surface area (Å²) >= 11 is 0. The van der Waals surface area contributed by atoms with Gasteiger partial charge in [-0.25, -0.2) is 9.59 Å². The second-order valence-corrected chi connectivity index (χ2v) is 5.18. The van der Waals surface area contributed by atoms with Gasteiger partial charge in [0.2, 0.25) is 0 Å². The first-order chi connectivity index (χ1) is 11.1. The van der Waals surface area contributed by atoms with E-state index in [2.05, 4.69) is 10.6 Å². The van der Waals surface area contributed by atoms with Gasteiger partial charge in [0.15, 0.2) is 0 Å². The fraction of sp³-hybridized carbons (Fsp3) is 0.412. The van der Waals surface area contributed by atoms with Crippen LogP contribution in [0.15, 0.2) is 35.5 Å². The van der Waals surface area contributed by atoms with Crippen molar-refractivity contribution in [3.63, 3.8) is 0 Å². The van der Waals surface area contributed by atoms with Gasteiger partial charge < -0.3 is 20.1 Å². The zero-order chi connectivity index (χ0) is 16.8. The van der Waals surface area contributed by atoms with Gasteiger partial charge in [0.25, 0.3) is 0 Å². The van der Waals surface area contributed by atoms with Crippen molar-refractivity contribution in [2.45, 2.75) is 33.2 Å². The molecule has 0 aromatic heterocycles. The summed E-state index contributed by atoms with van der Waals surface area (Å²) in [5.41, 5.74) is 1.61. The Kier molecular flexibility index (Phi) is 5.62. The van der Waals surface area contributed by atoms with E-state index in [1.807, 2.05) is 31.2 Å². The molecule has 0 radical (unpaired) electrons. The van der Waals surface area contributed by atoms with E-state index in [1.165, 1.54) is 0 Å². The second-order valence-electron chi connectivity index (χ2n) is 5.18. The lowest BCUT2D eigenvalue weighted by Gasteiger charge is -2.29. The number of ether oxygens (including phenoxy) is 2. The van der Waals surface area contributed by atoms with Gasteiger partial charge in [-0.3, -0.25) is 0 Å². The summed E-state index contributed by atoms with van der Waals surface area (Å²) < 4.78 is 10.9. The van der Waals surface area contributed by atoms with Crippen molar-refractivity contribution in [2.75, 3.05) is 13.2 Å². The molecule has 2 N–H and O–H groups in total. The number of para-hydroxylation sites is 1. The third-order valence-corrected chi connectivity index (χ3v) is 3.46. The fourth-order valence-electron chi connectivity index (χ4n) is 2.47. The van der Waals surface area contributed by atoms with Crippen LogP contribution < -0.4 is 15.4 Å². The van der Waals surface area contributed by atoms with E-state index in [1.54, 1.807) is 13.8 Å². The molecule has 124 valence electrons. The Balaban J connectivity index is 2.44. The van der Waals surface area contributed by atoms with E-state index in [9.17, 15) is 9.59 Å².